The molecule has 0 atom stereocenters. The van der Waals surface area contributed by atoms with Gasteiger partial charge in [-0.15, -0.1) is 0 Å². The van der Waals surface area contributed by atoms with E-state index in [9.17, 15) is 13.2 Å². The summed E-state index contributed by atoms with van der Waals surface area (Å²) in [5.41, 5.74) is -0.369. The second-order valence-electron chi connectivity index (χ2n) is 1.94. The molecule has 0 aromatic carbocycles. The fraction of sp³-hybridized carbons (Fsp3) is 0.167. The number of alkyl halides is 2. The lowest BCUT2D eigenvalue weighted by atomic mass is 10.3. The number of rotatable bonds is 1. The minimum Gasteiger partial charge on any atom is -0.213 e. The van der Waals surface area contributed by atoms with Crippen LogP contribution < -0.4 is 0 Å². The maximum Gasteiger partial charge on any atom is 0.265 e. The minimum absolute atomic E-state index is 0.212. The predicted molar refractivity (Wildman–Crippen MR) is 49.6 cm³/mol. The van der Waals surface area contributed by atoms with Gasteiger partial charge in [0.15, 0.2) is 0 Å². The molecule has 1 heterocycles. The third kappa shape index (κ3) is 2.09. The zero-order valence-electron chi connectivity index (χ0n) is 5.49. The first-order valence-corrected chi connectivity index (χ1v) is 4.69. The van der Waals surface area contributed by atoms with E-state index in [4.69, 9.17) is 0 Å². The minimum atomic E-state index is -2.69. The average Bonchev–Trinajstić information content (AvgIpc) is 1.96. The van der Waals surface area contributed by atoms with Gasteiger partial charge in [-0.25, -0.2) is 13.8 Å². The van der Waals surface area contributed by atoms with Crippen LogP contribution in [0.5, 0.6) is 0 Å². The number of hydrogen-bond acceptors (Lipinski definition) is 1. The van der Waals surface area contributed by atoms with E-state index >= 15 is 0 Å². The van der Waals surface area contributed by atoms with E-state index in [0.29, 0.717) is 0 Å². The lowest BCUT2D eigenvalue weighted by Gasteiger charge is -2.03. The second-order valence-corrected chi connectivity index (χ2v) is 3.84. The van der Waals surface area contributed by atoms with E-state index in [1.54, 1.807) is 22.6 Å². The second kappa shape index (κ2) is 3.91. The first kappa shape index (κ1) is 10.2. The summed E-state index contributed by atoms with van der Waals surface area (Å²) in [6.07, 6.45) is -2.69. The van der Waals surface area contributed by atoms with Gasteiger partial charge < -0.3 is 0 Å². The Bertz CT molecular complexity index is 305. The van der Waals surface area contributed by atoms with Gasteiger partial charge in [-0.3, -0.25) is 0 Å². The predicted octanol–water partition coefficient (Wildman–Crippen LogP) is 3.53. The smallest absolute Gasteiger partial charge is 0.213 e. The zero-order chi connectivity index (χ0) is 9.30. The Morgan fingerprint density at radius 3 is 2.58 bits per heavy atom. The molecule has 0 amide bonds. The molecule has 0 spiro atoms. The van der Waals surface area contributed by atoms with E-state index < -0.39 is 12.4 Å². The molecule has 0 aliphatic heterocycles. The molecule has 1 nitrogen and oxygen atoms in total. The largest absolute Gasteiger partial charge is 0.265 e. The normalized spacial score (nSPS) is 10.8. The zero-order valence-corrected chi connectivity index (χ0v) is 9.24. The van der Waals surface area contributed by atoms with Crippen LogP contribution in [0.4, 0.5) is 13.2 Å². The maximum atomic E-state index is 12.7. The molecule has 0 unspecified atom stereocenters. The number of pyridine rings is 1. The van der Waals surface area contributed by atoms with Gasteiger partial charge in [0.05, 0.1) is 4.47 Å². The molecule has 0 saturated heterocycles. The standard InChI is InChI=1S/C6H2BrF3IN/c7-4-2(5(8)9)1-3(11)12-6(4)10/h1,5H. The van der Waals surface area contributed by atoms with Crippen molar-refractivity contribution >= 4 is 38.5 Å². The highest BCUT2D eigenvalue weighted by atomic mass is 127. The van der Waals surface area contributed by atoms with E-state index in [-0.39, 0.29) is 13.7 Å². The molecular weight excluding hydrogens is 350 g/mol. The summed E-state index contributed by atoms with van der Waals surface area (Å²) in [6.45, 7) is 0. The van der Waals surface area contributed by atoms with Crippen molar-refractivity contribution in [1.82, 2.24) is 4.98 Å². The van der Waals surface area contributed by atoms with Crippen LogP contribution >= 0.6 is 38.5 Å². The summed E-state index contributed by atoms with van der Waals surface area (Å²) < 4.78 is 37.0. The summed E-state index contributed by atoms with van der Waals surface area (Å²) >= 11 is 4.37. The van der Waals surface area contributed by atoms with E-state index in [2.05, 4.69) is 20.9 Å². The summed E-state index contributed by atoms with van der Waals surface area (Å²) in [5, 5.41) is 0. The molecule has 1 aromatic rings. The Hall–Kier alpha value is 0.150. The summed E-state index contributed by atoms with van der Waals surface area (Å²) in [6, 6.07) is 1.14. The Morgan fingerprint density at radius 1 is 1.50 bits per heavy atom. The lowest BCUT2D eigenvalue weighted by molar-refractivity contribution is 0.149. The van der Waals surface area contributed by atoms with Crippen molar-refractivity contribution in [3.8, 4) is 0 Å². The molecule has 0 N–H and O–H groups in total. The van der Waals surface area contributed by atoms with Gasteiger partial charge in [-0.2, -0.15) is 4.39 Å². The van der Waals surface area contributed by atoms with E-state index in [1.807, 2.05) is 0 Å². The van der Waals surface area contributed by atoms with Crippen molar-refractivity contribution in [1.29, 1.82) is 0 Å². The van der Waals surface area contributed by atoms with Crippen LogP contribution in [0.3, 0.4) is 0 Å². The molecular formula is C6H2BrF3IN. The van der Waals surface area contributed by atoms with Crippen molar-refractivity contribution in [2.75, 3.05) is 0 Å². The van der Waals surface area contributed by atoms with Gasteiger partial charge >= 0.3 is 0 Å². The first-order valence-electron chi connectivity index (χ1n) is 2.82. The molecule has 0 bridgehead atoms. The number of hydrogen-bond donors (Lipinski definition) is 0. The van der Waals surface area contributed by atoms with Crippen molar-refractivity contribution in [3.63, 3.8) is 0 Å². The van der Waals surface area contributed by atoms with Gasteiger partial charge in [0.25, 0.3) is 6.43 Å². The Labute approximate surface area is 88.6 Å². The van der Waals surface area contributed by atoms with Crippen molar-refractivity contribution in [3.05, 3.63) is 25.8 Å². The molecule has 1 aromatic heterocycles. The van der Waals surface area contributed by atoms with Gasteiger partial charge in [-0.1, -0.05) is 0 Å². The van der Waals surface area contributed by atoms with Gasteiger partial charge in [-0.05, 0) is 44.6 Å². The van der Waals surface area contributed by atoms with E-state index in [1.165, 1.54) is 0 Å². The molecule has 0 saturated carbocycles. The van der Waals surface area contributed by atoms with Crippen LogP contribution in [-0.4, -0.2) is 4.98 Å². The van der Waals surface area contributed by atoms with Gasteiger partial charge in [0, 0.05) is 5.56 Å². The first-order chi connectivity index (χ1) is 5.52. The molecule has 12 heavy (non-hydrogen) atoms. The number of halogens is 5. The topological polar surface area (TPSA) is 12.9 Å². The van der Waals surface area contributed by atoms with Crippen molar-refractivity contribution < 1.29 is 13.2 Å². The summed E-state index contributed by atoms with van der Waals surface area (Å²) in [4.78, 5) is 3.36. The quantitative estimate of drug-likeness (QED) is 0.557. The number of aromatic nitrogens is 1. The molecule has 0 aliphatic rings. The molecule has 1 rings (SSSR count). The molecule has 0 fully saturated rings. The lowest BCUT2D eigenvalue weighted by Crippen LogP contribution is -1.95. The van der Waals surface area contributed by atoms with Crippen LogP contribution in [0.15, 0.2) is 10.5 Å². The van der Waals surface area contributed by atoms with Crippen molar-refractivity contribution in [2.24, 2.45) is 0 Å². The highest BCUT2D eigenvalue weighted by Gasteiger charge is 2.16. The maximum absolute atomic E-state index is 12.7. The highest BCUT2D eigenvalue weighted by Crippen LogP contribution is 2.29. The average molecular weight is 352 g/mol. The third-order valence-electron chi connectivity index (χ3n) is 1.15. The molecule has 66 valence electrons. The Morgan fingerprint density at radius 2 is 2.08 bits per heavy atom. The Kier molecular flexibility index (Phi) is 3.33. The fourth-order valence-corrected chi connectivity index (χ4v) is 1.57. The highest BCUT2D eigenvalue weighted by molar-refractivity contribution is 14.1. The van der Waals surface area contributed by atoms with Crippen LogP contribution in [0.1, 0.15) is 12.0 Å². The fourth-order valence-electron chi connectivity index (χ4n) is 0.645. The molecule has 0 radical (unpaired) electrons. The SMILES string of the molecule is Fc1nc(I)cc(C(F)F)c1Br. The van der Waals surface area contributed by atoms with Crippen LogP contribution in [0, 0.1) is 9.65 Å². The number of nitrogens with zero attached hydrogens (tertiary/aromatic N) is 1. The third-order valence-corrected chi connectivity index (χ3v) is 2.49. The Balaban J connectivity index is 3.28. The van der Waals surface area contributed by atoms with Crippen LogP contribution in [0.25, 0.3) is 0 Å². The van der Waals surface area contributed by atoms with Crippen molar-refractivity contribution in [2.45, 2.75) is 6.43 Å². The van der Waals surface area contributed by atoms with Gasteiger partial charge in [0.1, 0.15) is 3.70 Å². The van der Waals surface area contributed by atoms with Crippen LogP contribution in [-0.2, 0) is 0 Å². The summed E-state index contributed by atoms with van der Waals surface area (Å²) in [7, 11) is 0. The van der Waals surface area contributed by atoms with Gasteiger partial charge in [0.2, 0.25) is 5.95 Å². The summed E-state index contributed by atoms with van der Waals surface area (Å²) in [5.74, 6) is -0.905. The monoisotopic (exact) mass is 351 g/mol. The molecule has 0 aliphatic carbocycles. The molecule has 6 heteroatoms. The van der Waals surface area contributed by atoms with Crippen LogP contribution in [0.2, 0.25) is 0 Å². The van der Waals surface area contributed by atoms with E-state index in [0.717, 1.165) is 6.07 Å².